The Morgan fingerprint density at radius 1 is 0.972 bits per heavy atom. The minimum Gasteiger partial charge on any atom is -0.319 e. The van der Waals surface area contributed by atoms with E-state index in [1.165, 1.54) is 17.0 Å². The number of anilines is 1. The van der Waals surface area contributed by atoms with Gasteiger partial charge in [-0.15, -0.1) is 10.2 Å². The second-order valence-corrected chi connectivity index (χ2v) is 8.29. The van der Waals surface area contributed by atoms with E-state index in [9.17, 15) is 18.0 Å². The molecule has 182 valence electrons. The van der Waals surface area contributed by atoms with Crippen molar-refractivity contribution in [2.75, 3.05) is 4.90 Å². The minimum absolute atomic E-state index is 0.0798. The Labute approximate surface area is 204 Å². The molecule has 0 N–H and O–H groups in total. The van der Waals surface area contributed by atoms with E-state index in [4.69, 9.17) is 4.98 Å². The molecule has 0 fully saturated rings. The summed E-state index contributed by atoms with van der Waals surface area (Å²) >= 11 is 0. The number of rotatable bonds is 6. The molecule has 0 aliphatic heterocycles. The van der Waals surface area contributed by atoms with E-state index in [0.717, 1.165) is 16.6 Å². The fourth-order valence-electron chi connectivity index (χ4n) is 4.06. The fraction of sp³-hybridized carbons (Fsp3) is 0.154. The Morgan fingerprint density at radius 2 is 1.72 bits per heavy atom. The van der Waals surface area contributed by atoms with Crippen molar-refractivity contribution < 1.29 is 18.0 Å². The van der Waals surface area contributed by atoms with Crippen LogP contribution in [0.15, 0.2) is 85.2 Å². The molecule has 36 heavy (non-hydrogen) atoms. The van der Waals surface area contributed by atoms with E-state index < -0.39 is 18.6 Å². The normalized spacial score (nSPS) is 11.7. The number of carbonyl (C=O) groups is 1. The number of hydrogen-bond donors (Lipinski definition) is 0. The van der Waals surface area contributed by atoms with Crippen LogP contribution in [0.1, 0.15) is 11.4 Å². The van der Waals surface area contributed by atoms with E-state index in [1.54, 1.807) is 25.2 Å². The lowest BCUT2D eigenvalue weighted by Crippen LogP contribution is -2.41. The average molecular weight is 490 g/mol. The molecule has 0 bridgehead atoms. The van der Waals surface area contributed by atoms with Crippen LogP contribution in [0, 0.1) is 0 Å². The summed E-state index contributed by atoms with van der Waals surface area (Å²) in [6.07, 6.45) is -3.69. The van der Waals surface area contributed by atoms with Crippen LogP contribution in [-0.4, -0.2) is 36.4 Å². The monoisotopic (exact) mass is 490 g/mol. The SMILES string of the molecule is Cn1cnnc1CN(C(=O)C(F)(F)F)c1cccc(-c2nc3ccccc3n2Cc2ccccc2)c1. The molecule has 0 saturated carbocycles. The van der Waals surface area contributed by atoms with Gasteiger partial charge in [-0.05, 0) is 29.8 Å². The lowest BCUT2D eigenvalue weighted by atomic mass is 10.1. The minimum atomic E-state index is -5.06. The number of fused-ring (bicyclic) bond motifs is 1. The maximum absolute atomic E-state index is 13.5. The van der Waals surface area contributed by atoms with Crippen molar-refractivity contribution in [3.63, 3.8) is 0 Å². The van der Waals surface area contributed by atoms with E-state index in [0.29, 0.717) is 22.8 Å². The third kappa shape index (κ3) is 4.57. The molecule has 10 heteroatoms. The number of alkyl halides is 3. The molecule has 5 aromatic rings. The number of hydrogen-bond acceptors (Lipinski definition) is 4. The lowest BCUT2D eigenvalue weighted by molar-refractivity contribution is -0.170. The molecular weight excluding hydrogens is 469 g/mol. The first-order valence-corrected chi connectivity index (χ1v) is 11.1. The molecule has 1 amide bonds. The molecule has 0 atom stereocenters. The number of benzene rings is 3. The number of halogens is 3. The molecule has 2 heterocycles. The van der Waals surface area contributed by atoms with Crippen LogP contribution in [0.4, 0.5) is 18.9 Å². The van der Waals surface area contributed by atoms with Gasteiger partial charge < -0.3 is 9.13 Å². The lowest BCUT2D eigenvalue weighted by Gasteiger charge is -2.24. The zero-order valence-electron chi connectivity index (χ0n) is 19.2. The quantitative estimate of drug-likeness (QED) is 0.337. The fourth-order valence-corrected chi connectivity index (χ4v) is 4.06. The first kappa shape index (κ1) is 23.3. The van der Waals surface area contributed by atoms with Crippen molar-refractivity contribution in [3.8, 4) is 11.4 Å². The first-order chi connectivity index (χ1) is 17.3. The van der Waals surface area contributed by atoms with Gasteiger partial charge in [0.05, 0.1) is 17.6 Å². The number of aromatic nitrogens is 5. The van der Waals surface area contributed by atoms with E-state index >= 15 is 0 Å². The number of amides is 1. The van der Waals surface area contributed by atoms with Crippen LogP contribution in [0.25, 0.3) is 22.4 Å². The van der Waals surface area contributed by atoms with Crippen molar-refractivity contribution in [1.29, 1.82) is 0 Å². The van der Waals surface area contributed by atoms with Crippen molar-refractivity contribution >= 4 is 22.6 Å². The van der Waals surface area contributed by atoms with Gasteiger partial charge in [-0.3, -0.25) is 9.69 Å². The summed E-state index contributed by atoms with van der Waals surface area (Å²) in [5.74, 6) is -1.19. The summed E-state index contributed by atoms with van der Waals surface area (Å²) in [7, 11) is 1.61. The third-order valence-electron chi connectivity index (χ3n) is 5.85. The summed E-state index contributed by atoms with van der Waals surface area (Å²) in [4.78, 5) is 17.9. The zero-order valence-corrected chi connectivity index (χ0v) is 19.2. The summed E-state index contributed by atoms with van der Waals surface area (Å²) in [5.41, 5.74) is 3.36. The van der Waals surface area contributed by atoms with Gasteiger partial charge in [0.1, 0.15) is 12.2 Å². The topological polar surface area (TPSA) is 68.8 Å². The van der Waals surface area contributed by atoms with Crippen molar-refractivity contribution in [3.05, 3.63) is 96.6 Å². The molecule has 7 nitrogen and oxygen atoms in total. The van der Waals surface area contributed by atoms with Gasteiger partial charge in [-0.2, -0.15) is 13.2 Å². The Bertz CT molecular complexity index is 1520. The molecule has 2 aromatic heterocycles. The zero-order chi connectivity index (χ0) is 25.3. The molecule has 0 radical (unpaired) electrons. The molecule has 0 aliphatic rings. The Hall–Kier alpha value is -4.47. The van der Waals surface area contributed by atoms with E-state index in [1.807, 2.05) is 59.2 Å². The number of nitrogens with zero attached hydrogens (tertiary/aromatic N) is 6. The van der Waals surface area contributed by atoms with Crippen LogP contribution in [0.2, 0.25) is 0 Å². The van der Waals surface area contributed by atoms with Crippen LogP contribution in [0.3, 0.4) is 0 Å². The van der Waals surface area contributed by atoms with Gasteiger partial charge in [-0.25, -0.2) is 4.98 Å². The molecule has 0 spiro atoms. The summed E-state index contributed by atoms with van der Waals surface area (Å²) in [5, 5.41) is 7.56. The maximum atomic E-state index is 13.5. The van der Waals surface area contributed by atoms with Gasteiger partial charge in [-0.1, -0.05) is 54.6 Å². The maximum Gasteiger partial charge on any atom is 0.471 e. The summed E-state index contributed by atoms with van der Waals surface area (Å²) in [6, 6.07) is 23.9. The van der Waals surface area contributed by atoms with Crippen LogP contribution < -0.4 is 4.90 Å². The molecule has 5 rings (SSSR count). The van der Waals surface area contributed by atoms with Gasteiger partial charge >= 0.3 is 12.1 Å². The third-order valence-corrected chi connectivity index (χ3v) is 5.85. The molecule has 3 aromatic carbocycles. The van der Waals surface area contributed by atoms with Crippen LogP contribution in [0.5, 0.6) is 0 Å². The highest BCUT2D eigenvalue weighted by molar-refractivity contribution is 5.97. The van der Waals surface area contributed by atoms with Crippen molar-refractivity contribution in [2.45, 2.75) is 19.3 Å². The largest absolute Gasteiger partial charge is 0.471 e. The number of carbonyl (C=O) groups excluding carboxylic acids is 1. The van der Waals surface area contributed by atoms with Crippen LogP contribution in [-0.2, 0) is 24.9 Å². The second-order valence-electron chi connectivity index (χ2n) is 8.29. The van der Waals surface area contributed by atoms with Gasteiger partial charge in [0.25, 0.3) is 0 Å². The smallest absolute Gasteiger partial charge is 0.319 e. The summed E-state index contributed by atoms with van der Waals surface area (Å²) in [6.45, 7) is 0.129. The Kier molecular flexibility index (Phi) is 6.01. The first-order valence-electron chi connectivity index (χ1n) is 11.1. The number of imidazole rings is 1. The molecular formula is C26H21F3N6O. The predicted molar refractivity (Wildman–Crippen MR) is 129 cm³/mol. The molecule has 0 saturated heterocycles. The Morgan fingerprint density at radius 3 is 2.44 bits per heavy atom. The van der Waals surface area contributed by atoms with Gasteiger partial charge in [0, 0.05) is 24.8 Å². The number of aryl methyl sites for hydroxylation is 1. The number of para-hydroxylation sites is 2. The predicted octanol–water partition coefficient (Wildman–Crippen LogP) is 4.98. The van der Waals surface area contributed by atoms with Gasteiger partial charge in [0.2, 0.25) is 0 Å². The Balaban J connectivity index is 1.60. The van der Waals surface area contributed by atoms with E-state index in [2.05, 4.69) is 10.2 Å². The average Bonchev–Trinajstić information content (AvgIpc) is 3.45. The van der Waals surface area contributed by atoms with Crippen LogP contribution >= 0.6 is 0 Å². The van der Waals surface area contributed by atoms with E-state index in [-0.39, 0.29) is 11.5 Å². The highest BCUT2D eigenvalue weighted by Crippen LogP contribution is 2.31. The van der Waals surface area contributed by atoms with Crippen molar-refractivity contribution in [2.24, 2.45) is 7.05 Å². The molecule has 0 aliphatic carbocycles. The molecule has 0 unspecified atom stereocenters. The highest BCUT2D eigenvalue weighted by atomic mass is 19.4. The highest BCUT2D eigenvalue weighted by Gasteiger charge is 2.43. The second kappa shape index (κ2) is 9.29. The standard InChI is InChI=1S/C26H21F3N6O/c1-33-17-30-32-23(33)16-34(25(36)26(27,28)29)20-11-7-10-19(14-20)24-31-21-12-5-6-13-22(21)35(24)15-18-8-3-2-4-9-18/h2-14,17H,15-16H2,1H3. The van der Waals surface area contributed by atoms with Gasteiger partial charge in [0.15, 0.2) is 5.82 Å². The van der Waals surface area contributed by atoms with Crippen molar-refractivity contribution in [1.82, 2.24) is 24.3 Å². The summed E-state index contributed by atoms with van der Waals surface area (Å²) < 4.78 is 44.1.